The maximum absolute atomic E-state index is 12.0. The number of aromatic hydroxyl groups is 1. The first kappa shape index (κ1) is 15.1. The van der Waals surface area contributed by atoms with Crippen molar-refractivity contribution < 1.29 is 9.90 Å². The summed E-state index contributed by atoms with van der Waals surface area (Å²) in [5.41, 5.74) is 4.94. The van der Waals surface area contributed by atoms with Gasteiger partial charge < -0.3 is 5.11 Å². The number of nitrogens with zero attached hydrogens (tertiary/aromatic N) is 1. The van der Waals surface area contributed by atoms with E-state index in [1.54, 1.807) is 31.2 Å². The number of hydrazone groups is 1. The van der Waals surface area contributed by atoms with Gasteiger partial charge in [-0.1, -0.05) is 29.3 Å². The van der Waals surface area contributed by atoms with E-state index >= 15 is 0 Å². The molecule has 0 aromatic heterocycles. The molecule has 0 saturated heterocycles. The fourth-order valence-electron chi connectivity index (χ4n) is 1.84. The molecule has 2 N–H and O–H groups in total. The minimum atomic E-state index is -0.306. The molecule has 2 aromatic carbocycles. The highest BCUT2D eigenvalue weighted by atomic mass is 35.5. The summed E-state index contributed by atoms with van der Waals surface area (Å²) in [5, 5.41) is 14.3. The Labute approximate surface area is 128 Å². The predicted molar refractivity (Wildman–Crippen MR) is 84.0 cm³/mol. The van der Waals surface area contributed by atoms with Gasteiger partial charge in [0, 0.05) is 16.1 Å². The van der Waals surface area contributed by atoms with E-state index in [2.05, 4.69) is 10.5 Å². The van der Waals surface area contributed by atoms with Gasteiger partial charge in [-0.25, -0.2) is 5.43 Å². The number of hydrogen-bond donors (Lipinski definition) is 2. The number of carbonyl (C=O) groups excluding carboxylic acids is 1. The Morgan fingerprint density at radius 1 is 1.24 bits per heavy atom. The van der Waals surface area contributed by atoms with E-state index < -0.39 is 0 Å². The molecule has 0 radical (unpaired) electrons. The smallest absolute Gasteiger partial charge is 0.271 e. The summed E-state index contributed by atoms with van der Waals surface area (Å²) in [6.07, 6.45) is 0. The minimum Gasteiger partial charge on any atom is -0.507 e. The summed E-state index contributed by atoms with van der Waals surface area (Å²) in [6.45, 7) is 3.59. The summed E-state index contributed by atoms with van der Waals surface area (Å²) in [7, 11) is 0. The van der Waals surface area contributed by atoms with Gasteiger partial charge in [-0.05, 0) is 44.2 Å². The van der Waals surface area contributed by atoms with Gasteiger partial charge >= 0.3 is 0 Å². The number of carbonyl (C=O) groups is 1. The van der Waals surface area contributed by atoms with Crippen LogP contribution in [-0.2, 0) is 0 Å². The van der Waals surface area contributed by atoms with Crippen molar-refractivity contribution in [1.82, 2.24) is 5.43 Å². The lowest BCUT2D eigenvalue weighted by Crippen LogP contribution is -2.19. The molecule has 0 atom stereocenters. The Morgan fingerprint density at radius 3 is 2.71 bits per heavy atom. The number of benzene rings is 2. The van der Waals surface area contributed by atoms with Crippen LogP contribution >= 0.6 is 11.6 Å². The molecular formula is C16H15ClN2O2. The van der Waals surface area contributed by atoms with Gasteiger partial charge in [0.15, 0.2) is 0 Å². The number of hydrogen-bond acceptors (Lipinski definition) is 3. The second-order valence-corrected chi connectivity index (χ2v) is 5.11. The number of rotatable bonds is 3. The third-order valence-electron chi connectivity index (χ3n) is 2.95. The third kappa shape index (κ3) is 3.83. The maximum atomic E-state index is 12.0. The van der Waals surface area contributed by atoms with Gasteiger partial charge in [0.05, 0.1) is 5.71 Å². The molecule has 0 unspecified atom stereocenters. The quantitative estimate of drug-likeness (QED) is 0.673. The van der Waals surface area contributed by atoms with Crippen LogP contribution in [0.4, 0.5) is 0 Å². The fourth-order valence-corrected chi connectivity index (χ4v) is 2.02. The van der Waals surface area contributed by atoms with Gasteiger partial charge in [-0.3, -0.25) is 4.79 Å². The molecule has 4 nitrogen and oxygen atoms in total. The maximum Gasteiger partial charge on any atom is 0.271 e. The fraction of sp³-hybridized carbons (Fsp3) is 0.125. The highest BCUT2D eigenvalue weighted by Gasteiger charge is 2.08. The van der Waals surface area contributed by atoms with Gasteiger partial charge in [0.25, 0.3) is 5.91 Å². The summed E-state index contributed by atoms with van der Waals surface area (Å²) in [6, 6.07) is 11.9. The highest BCUT2D eigenvalue weighted by Crippen LogP contribution is 2.22. The molecule has 0 aliphatic carbocycles. The molecular weight excluding hydrogens is 288 g/mol. The van der Waals surface area contributed by atoms with Crippen molar-refractivity contribution in [3.63, 3.8) is 0 Å². The molecule has 2 rings (SSSR count). The normalized spacial score (nSPS) is 11.3. The van der Waals surface area contributed by atoms with Crippen molar-refractivity contribution in [2.75, 3.05) is 0 Å². The standard InChI is InChI=1S/C16H15ClN2O2/c1-10-4-3-5-12(8-10)16(21)19-18-11(2)14-9-13(17)6-7-15(14)20/h3-9,20H,1-2H3,(H,19,21)/b18-11+. The molecule has 0 heterocycles. The number of phenolic OH excluding ortho intramolecular Hbond substituents is 1. The first-order valence-corrected chi connectivity index (χ1v) is 6.75. The molecule has 21 heavy (non-hydrogen) atoms. The first-order chi connectivity index (χ1) is 9.97. The average Bonchev–Trinajstić information content (AvgIpc) is 2.47. The van der Waals surface area contributed by atoms with E-state index in [1.807, 2.05) is 19.1 Å². The predicted octanol–water partition coefficient (Wildman–Crippen LogP) is 3.51. The lowest BCUT2D eigenvalue weighted by molar-refractivity contribution is 0.0954. The topological polar surface area (TPSA) is 61.7 Å². The first-order valence-electron chi connectivity index (χ1n) is 6.37. The van der Waals surface area contributed by atoms with Crippen LogP contribution < -0.4 is 5.43 Å². The van der Waals surface area contributed by atoms with Crippen LogP contribution in [0.5, 0.6) is 5.75 Å². The zero-order chi connectivity index (χ0) is 15.4. The van der Waals surface area contributed by atoms with Gasteiger partial charge in [0.2, 0.25) is 0 Å². The zero-order valence-corrected chi connectivity index (χ0v) is 12.5. The molecule has 0 bridgehead atoms. The Bertz CT molecular complexity index is 711. The van der Waals surface area contributed by atoms with Crippen molar-refractivity contribution in [1.29, 1.82) is 0 Å². The van der Waals surface area contributed by atoms with Crippen LogP contribution in [-0.4, -0.2) is 16.7 Å². The number of phenols is 1. The Kier molecular flexibility index (Phi) is 4.60. The van der Waals surface area contributed by atoms with Crippen molar-refractivity contribution in [3.8, 4) is 5.75 Å². The number of halogens is 1. The van der Waals surface area contributed by atoms with Crippen LogP contribution in [0.15, 0.2) is 47.6 Å². The number of aryl methyl sites for hydroxylation is 1. The van der Waals surface area contributed by atoms with Crippen LogP contribution in [0, 0.1) is 6.92 Å². The summed E-state index contributed by atoms with van der Waals surface area (Å²) >= 11 is 5.88. The Balaban J connectivity index is 2.17. The summed E-state index contributed by atoms with van der Waals surface area (Å²) in [5.74, 6) is -0.245. The van der Waals surface area contributed by atoms with Gasteiger partial charge in [-0.15, -0.1) is 0 Å². The van der Waals surface area contributed by atoms with Gasteiger partial charge in [-0.2, -0.15) is 5.10 Å². The molecule has 1 amide bonds. The van der Waals surface area contributed by atoms with E-state index in [1.165, 1.54) is 6.07 Å². The molecule has 108 valence electrons. The molecule has 2 aromatic rings. The minimum absolute atomic E-state index is 0.0606. The van der Waals surface area contributed by atoms with Crippen LogP contribution in [0.3, 0.4) is 0 Å². The van der Waals surface area contributed by atoms with Crippen LogP contribution in [0.1, 0.15) is 28.4 Å². The monoisotopic (exact) mass is 302 g/mol. The molecule has 0 aliphatic rings. The zero-order valence-electron chi connectivity index (χ0n) is 11.7. The lowest BCUT2D eigenvalue weighted by atomic mass is 10.1. The number of amides is 1. The van der Waals surface area contributed by atoms with Gasteiger partial charge in [0.1, 0.15) is 5.75 Å². The van der Waals surface area contributed by atoms with Crippen LogP contribution in [0.25, 0.3) is 0 Å². The van der Waals surface area contributed by atoms with Crippen molar-refractivity contribution in [2.45, 2.75) is 13.8 Å². The van der Waals surface area contributed by atoms with E-state index in [-0.39, 0.29) is 11.7 Å². The van der Waals surface area contributed by atoms with Crippen molar-refractivity contribution >= 4 is 23.2 Å². The Hall–Kier alpha value is -2.33. The molecule has 0 saturated carbocycles. The second-order valence-electron chi connectivity index (χ2n) is 4.67. The number of nitrogens with one attached hydrogen (secondary N) is 1. The van der Waals surface area contributed by atoms with Crippen LogP contribution in [0.2, 0.25) is 5.02 Å². The molecule has 5 heteroatoms. The lowest BCUT2D eigenvalue weighted by Gasteiger charge is -2.06. The average molecular weight is 303 g/mol. The van der Waals surface area contributed by atoms with Crippen molar-refractivity contribution in [2.24, 2.45) is 5.10 Å². The summed E-state index contributed by atoms with van der Waals surface area (Å²) in [4.78, 5) is 12.0. The van der Waals surface area contributed by atoms with E-state index in [9.17, 15) is 9.90 Å². The van der Waals surface area contributed by atoms with Crippen molar-refractivity contribution in [3.05, 3.63) is 64.2 Å². The molecule has 0 aliphatic heterocycles. The molecule has 0 spiro atoms. The van der Waals surface area contributed by atoms with E-state index in [0.29, 0.717) is 21.9 Å². The second kappa shape index (κ2) is 6.41. The summed E-state index contributed by atoms with van der Waals surface area (Å²) < 4.78 is 0. The molecule has 0 fully saturated rings. The largest absolute Gasteiger partial charge is 0.507 e. The highest BCUT2D eigenvalue weighted by molar-refractivity contribution is 6.31. The SMILES string of the molecule is C/C(=N\NC(=O)c1cccc(C)c1)c1cc(Cl)ccc1O. The Morgan fingerprint density at radius 2 is 2.00 bits per heavy atom. The third-order valence-corrected chi connectivity index (χ3v) is 3.19. The van der Waals surface area contributed by atoms with E-state index in [0.717, 1.165) is 5.56 Å². The van der Waals surface area contributed by atoms with E-state index in [4.69, 9.17) is 11.6 Å².